The van der Waals surface area contributed by atoms with Crippen LogP contribution in [0.1, 0.15) is 23.5 Å². The molecule has 142 valence electrons. The van der Waals surface area contributed by atoms with Crippen LogP contribution in [0.25, 0.3) is 22.1 Å². The molecule has 1 atom stereocenters. The molecule has 4 aromatic rings. The van der Waals surface area contributed by atoms with Gasteiger partial charge in [0.1, 0.15) is 23.3 Å². The summed E-state index contributed by atoms with van der Waals surface area (Å²) in [7, 11) is 0. The molecule has 0 spiro atoms. The minimum absolute atomic E-state index is 0.126. The Morgan fingerprint density at radius 1 is 0.897 bits per heavy atom. The van der Waals surface area contributed by atoms with Gasteiger partial charge in [-0.25, -0.2) is 0 Å². The van der Waals surface area contributed by atoms with Gasteiger partial charge >= 0.3 is 5.97 Å². The standard InChI is InChI=1S/C24H16O5/c25-16-8-6-15(7-9-16)18-12-21(26)29-20-11-10-17-23(27)19(13-28-24(17)22(18)20)14-4-2-1-3-5-14/h1-11,13,18,25H,12H2. The van der Waals surface area contributed by atoms with Crippen molar-refractivity contribution in [3.05, 3.63) is 94.3 Å². The predicted molar refractivity (Wildman–Crippen MR) is 108 cm³/mol. The molecule has 1 aliphatic heterocycles. The molecule has 1 unspecified atom stereocenters. The first-order chi connectivity index (χ1) is 14.1. The molecule has 0 aliphatic carbocycles. The first-order valence-corrected chi connectivity index (χ1v) is 9.25. The Hall–Kier alpha value is -3.86. The van der Waals surface area contributed by atoms with Gasteiger partial charge in [-0.05, 0) is 35.4 Å². The lowest BCUT2D eigenvalue weighted by molar-refractivity contribution is -0.135. The molecule has 0 saturated carbocycles. The Kier molecular flexibility index (Phi) is 3.95. The van der Waals surface area contributed by atoms with E-state index in [2.05, 4.69) is 0 Å². The first-order valence-electron chi connectivity index (χ1n) is 9.25. The second kappa shape index (κ2) is 6.63. The summed E-state index contributed by atoms with van der Waals surface area (Å²) in [6.45, 7) is 0. The highest BCUT2D eigenvalue weighted by Gasteiger charge is 2.32. The summed E-state index contributed by atoms with van der Waals surface area (Å²) in [5.41, 5.74) is 3.04. The fraction of sp³-hybridized carbons (Fsp3) is 0.0833. The third-order valence-electron chi connectivity index (χ3n) is 5.26. The molecule has 0 fully saturated rings. The Morgan fingerprint density at radius 3 is 2.41 bits per heavy atom. The highest BCUT2D eigenvalue weighted by Crippen LogP contribution is 2.43. The summed E-state index contributed by atoms with van der Waals surface area (Å²) in [6, 6.07) is 19.3. The third kappa shape index (κ3) is 2.88. The van der Waals surface area contributed by atoms with Crippen LogP contribution >= 0.6 is 0 Å². The fourth-order valence-electron chi connectivity index (χ4n) is 3.86. The van der Waals surface area contributed by atoms with Gasteiger partial charge in [-0.2, -0.15) is 0 Å². The van der Waals surface area contributed by atoms with E-state index in [1.54, 1.807) is 36.4 Å². The van der Waals surface area contributed by atoms with Gasteiger partial charge in [0, 0.05) is 11.5 Å². The second-order valence-corrected chi connectivity index (χ2v) is 7.02. The van der Waals surface area contributed by atoms with E-state index in [0.717, 1.165) is 11.1 Å². The molecule has 0 radical (unpaired) electrons. The number of rotatable bonds is 2. The molecule has 3 aromatic carbocycles. The number of carbonyl (C=O) groups excluding carboxylic acids is 1. The zero-order chi connectivity index (χ0) is 20.0. The normalized spacial score (nSPS) is 15.7. The first kappa shape index (κ1) is 17.3. The van der Waals surface area contributed by atoms with Gasteiger partial charge < -0.3 is 14.3 Å². The van der Waals surface area contributed by atoms with Crippen molar-refractivity contribution in [1.82, 2.24) is 0 Å². The number of esters is 1. The molecule has 1 N–H and O–H groups in total. The third-order valence-corrected chi connectivity index (χ3v) is 5.26. The van der Waals surface area contributed by atoms with E-state index in [1.807, 2.05) is 30.3 Å². The molecule has 1 aromatic heterocycles. The van der Waals surface area contributed by atoms with Gasteiger partial charge in [0.2, 0.25) is 5.43 Å². The summed E-state index contributed by atoms with van der Waals surface area (Å²) in [4.78, 5) is 25.3. The number of phenols is 1. The van der Waals surface area contributed by atoms with E-state index >= 15 is 0 Å². The Labute approximate surface area is 165 Å². The van der Waals surface area contributed by atoms with Gasteiger partial charge in [-0.3, -0.25) is 9.59 Å². The zero-order valence-electron chi connectivity index (χ0n) is 15.3. The summed E-state index contributed by atoms with van der Waals surface area (Å²) >= 11 is 0. The SMILES string of the molecule is O=C1CC(c2ccc(O)cc2)c2c(ccc3c(=O)c(-c4ccccc4)coc23)O1. The smallest absolute Gasteiger partial charge is 0.312 e. The molecule has 5 heteroatoms. The quantitative estimate of drug-likeness (QED) is 0.404. The minimum atomic E-state index is -0.349. The number of ether oxygens (including phenoxy) is 1. The number of hydrogen-bond acceptors (Lipinski definition) is 5. The topological polar surface area (TPSA) is 76.7 Å². The van der Waals surface area contributed by atoms with Crippen LogP contribution in [0.3, 0.4) is 0 Å². The maximum Gasteiger partial charge on any atom is 0.312 e. The number of aromatic hydroxyl groups is 1. The lowest BCUT2D eigenvalue weighted by Crippen LogP contribution is -2.22. The number of benzene rings is 3. The average molecular weight is 384 g/mol. The van der Waals surface area contributed by atoms with Crippen LogP contribution in [0, 0.1) is 0 Å². The molecule has 0 amide bonds. The van der Waals surface area contributed by atoms with Crippen LogP contribution in [-0.4, -0.2) is 11.1 Å². The second-order valence-electron chi connectivity index (χ2n) is 7.02. The van der Waals surface area contributed by atoms with E-state index in [4.69, 9.17) is 9.15 Å². The van der Waals surface area contributed by atoms with Gasteiger partial charge in [0.25, 0.3) is 0 Å². The van der Waals surface area contributed by atoms with Crippen molar-refractivity contribution < 1.29 is 19.1 Å². The molecule has 29 heavy (non-hydrogen) atoms. The van der Waals surface area contributed by atoms with Crippen molar-refractivity contribution in [3.8, 4) is 22.6 Å². The zero-order valence-corrected chi connectivity index (χ0v) is 15.3. The highest BCUT2D eigenvalue weighted by molar-refractivity contribution is 5.90. The lowest BCUT2D eigenvalue weighted by atomic mass is 9.85. The molecular weight excluding hydrogens is 368 g/mol. The number of fused-ring (bicyclic) bond motifs is 3. The fourth-order valence-corrected chi connectivity index (χ4v) is 3.86. The molecular formula is C24H16O5. The number of carbonyl (C=O) groups is 1. The lowest BCUT2D eigenvalue weighted by Gasteiger charge is -2.25. The van der Waals surface area contributed by atoms with Crippen LogP contribution in [-0.2, 0) is 4.79 Å². The van der Waals surface area contributed by atoms with Crippen molar-refractivity contribution in [2.75, 3.05) is 0 Å². The monoisotopic (exact) mass is 384 g/mol. The van der Waals surface area contributed by atoms with Gasteiger partial charge in [0.05, 0.1) is 17.4 Å². The van der Waals surface area contributed by atoms with Crippen LogP contribution in [0.4, 0.5) is 0 Å². The van der Waals surface area contributed by atoms with Gasteiger partial charge in [0.15, 0.2) is 0 Å². The van der Waals surface area contributed by atoms with E-state index in [0.29, 0.717) is 27.8 Å². The average Bonchev–Trinajstić information content (AvgIpc) is 2.74. The molecule has 0 saturated heterocycles. The van der Waals surface area contributed by atoms with Crippen molar-refractivity contribution in [3.63, 3.8) is 0 Å². The van der Waals surface area contributed by atoms with Crippen molar-refractivity contribution >= 4 is 16.9 Å². The molecule has 2 heterocycles. The summed E-state index contributed by atoms with van der Waals surface area (Å²) in [5, 5.41) is 10.0. The van der Waals surface area contributed by atoms with E-state index in [-0.39, 0.29) is 29.5 Å². The van der Waals surface area contributed by atoms with Gasteiger partial charge in [-0.15, -0.1) is 0 Å². The summed E-state index contributed by atoms with van der Waals surface area (Å²) in [5.74, 6) is -0.147. The summed E-state index contributed by atoms with van der Waals surface area (Å²) in [6.07, 6.45) is 1.59. The van der Waals surface area contributed by atoms with Crippen LogP contribution < -0.4 is 10.2 Å². The van der Waals surface area contributed by atoms with E-state index in [1.165, 1.54) is 6.26 Å². The van der Waals surface area contributed by atoms with E-state index < -0.39 is 0 Å². The van der Waals surface area contributed by atoms with Crippen LogP contribution in [0.5, 0.6) is 11.5 Å². The highest BCUT2D eigenvalue weighted by atomic mass is 16.5. The Morgan fingerprint density at radius 2 is 1.66 bits per heavy atom. The Bertz CT molecular complexity index is 1290. The van der Waals surface area contributed by atoms with Crippen molar-refractivity contribution in [2.45, 2.75) is 12.3 Å². The predicted octanol–water partition coefficient (Wildman–Crippen LogP) is 4.61. The van der Waals surface area contributed by atoms with Crippen LogP contribution in [0.2, 0.25) is 0 Å². The van der Waals surface area contributed by atoms with Crippen molar-refractivity contribution in [1.29, 1.82) is 0 Å². The maximum atomic E-state index is 13.2. The molecule has 1 aliphatic rings. The Balaban J connectivity index is 1.75. The van der Waals surface area contributed by atoms with Crippen molar-refractivity contribution in [2.24, 2.45) is 0 Å². The number of phenolic OH excluding ortho intramolecular Hbond substituents is 1. The largest absolute Gasteiger partial charge is 0.508 e. The molecule has 5 rings (SSSR count). The molecule has 5 nitrogen and oxygen atoms in total. The van der Waals surface area contributed by atoms with E-state index in [9.17, 15) is 14.7 Å². The minimum Gasteiger partial charge on any atom is -0.508 e. The molecule has 0 bridgehead atoms. The maximum absolute atomic E-state index is 13.2. The van der Waals surface area contributed by atoms with Crippen LogP contribution in [0.15, 0.2) is 82.2 Å². The van der Waals surface area contributed by atoms with Gasteiger partial charge in [-0.1, -0.05) is 42.5 Å². The summed E-state index contributed by atoms with van der Waals surface area (Å²) < 4.78 is 11.4. The number of hydrogen-bond donors (Lipinski definition) is 1.